The van der Waals surface area contributed by atoms with E-state index in [0.717, 1.165) is 12.1 Å². The highest BCUT2D eigenvalue weighted by atomic mass is 32.2. The van der Waals surface area contributed by atoms with Crippen LogP contribution in [-0.4, -0.2) is 58.4 Å². The smallest absolute Gasteiger partial charge is 0.475 e. The number of hydrogen-bond acceptors (Lipinski definition) is 6. The van der Waals surface area contributed by atoms with E-state index in [2.05, 4.69) is 0 Å². The fraction of sp³-hybridized carbons (Fsp3) is 0.462. The lowest BCUT2D eigenvalue weighted by atomic mass is 10.3. The van der Waals surface area contributed by atoms with Crippen molar-refractivity contribution < 1.29 is 36.6 Å². The third kappa shape index (κ3) is 4.89. The number of halogens is 3. The summed E-state index contributed by atoms with van der Waals surface area (Å²) >= 11 is 0. The zero-order valence-electron chi connectivity index (χ0n) is 12.7. The van der Waals surface area contributed by atoms with E-state index in [1.165, 1.54) is 4.90 Å². The van der Waals surface area contributed by atoms with Gasteiger partial charge in [-0.15, -0.1) is 0 Å². The molecule has 12 heteroatoms. The predicted octanol–water partition coefficient (Wildman–Crippen LogP) is 1.46. The molecule has 0 radical (unpaired) electrons. The monoisotopic (exact) mass is 382 g/mol. The quantitative estimate of drug-likeness (QED) is 0.565. The molecule has 1 aromatic rings. The number of nitro groups is 1. The molecule has 0 unspecified atom stereocenters. The normalized spacial score (nSPS) is 16.4. The molecule has 1 aliphatic rings. The molecule has 8 nitrogen and oxygen atoms in total. The molecule has 1 fully saturated rings. The zero-order chi connectivity index (χ0) is 18.6. The average Bonchev–Trinajstić information content (AvgIpc) is 2.58. The first-order valence-corrected chi connectivity index (χ1v) is 8.10. The highest BCUT2D eigenvalue weighted by Gasteiger charge is 2.39. The van der Waals surface area contributed by atoms with Gasteiger partial charge in [0.15, 0.2) is 23.2 Å². The molecule has 1 atom stereocenters. The predicted molar refractivity (Wildman–Crippen MR) is 78.5 cm³/mol. The summed E-state index contributed by atoms with van der Waals surface area (Å²) in [7, 11) is -3.40. The lowest BCUT2D eigenvalue weighted by molar-refractivity contribution is -0.386. The van der Waals surface area contributed by atoms with E-state index >= 15 is 0 Å². The van der Waals surface area contributed by atoms with Gasteiger partial charge in [0.1, 0.15) is 0 Å². The van der Waals surface area contributed by atoms with Gasteiger partial charge in [-0.1, -0.05) is 0 Å². The minimum absolute atomic E-state index is 0.355. The van der Waals surface area contributed by atoms with Crippen molar-refractivity contribution in [1.29, 1.82) is 0 Å². The summed E-state index contributed by atoms with van der Waals surface area (Å²) in [6.45, 7) is 0.928. The van der Waals surface area contributed by atoms with E-state index in [1.54, 1.807) is 0 Å². The Morgan fingerprint density at radius 1 is 1.36 bits per heavy atom. The van der Waals surface area contributed by atoms with Gasteiger partial charge in [0.2, 0.25) is 0 Å². The molecule has 0 aliphatic carbocycles. The molecule has 1 saturated heterocycles. The molecule has 0 saturated carbocycles. The summed E-state index contributed by atoms with van der Waals surface area (Å²) in [5.41, 5.74) is -5.84. The molecular weight excluding hydrogens is 369 g/mol. The maximum absolute atomic E-state index is 12.5. The second kappa shape index (κ2) is 7.78. The first kappa shape index (κ1) is 19.1. The van der Waals surface area contributed by atoms with E-state index in [0.29, 0.717) is 32.4 Å². The van der Waals surface area contributed by atoms with Crippen LogP contribution in [0.1, 0.15) is 0 Å². The molecule has 25 heavy (non-hydrogen) atoms. The lowest BCUT2D eigenvalue weighted by Gasteiger charge is -2.26. The van der Waals surface area contributed by atoms with Gasteiger partial charge in [-0.3, -0.25) is 14.9 Å². The first-order chi connectivity index (χ1) is 11.7. The van der Waals surface area contributed by atoms with Crippen LogP contribution in [-0.2, 0) is 20.3 Å². The maximum Gasteiger partial charge on any atom is 0.475 e. The van der Waals surface area contributed by atoms with Crippen LogP contribution in [0.15, 0.2) is 23.1 Å². The standard InChI is InChI=1S/C13H13F3N2O6S/c14-13(15,16)25(22)9-1-2-11(10(7-9)18(20)21)24-8-12(19)17-3-5-23-6-4-17/h1-2,7H,3-6,8H2/t25-/m0/s1. The van der Waals surface area contributed by atoms with Crippen molar-refractivity contribution in [2.75, 3.05) is 32.9 Å². The average molecular weight is 382 g/mol. The number of morpholine rings is 1. The van der Waals surface area contributed by atoms with Crippen molar-refractivity contribution in [2.45, 2.75) is 10.4 Å². The number of carbonyl (C=O) groups excluding carboxylic acids is 1. The van der Waals surface area contributed by atoms with Crippen molar-refractivity contribution >= 4 is 22.4 Å². The van der Waals surface area contributed by atoms with Gasteiger partial charge in [-0.2, -0.15) is 13.2 Å². The Hall–Kier alpha value is -2.21. The SMILES string of the molecule is O=C(COc1ccc([S@](=O)C(F)(F)F)cc1[N+](=O)[O-])N1CCOCC1. The molecule has 0 spiro atoms. The molecule has 1 aromatic carbocycles. The maximum atomic E-state index is 12.5. The number of hydrogen-bond donors (Lipinski definition) is 0. The van der Waals surface area contributed by atoms with Crippen molar-refractivity contribution in [2.24, 2.45) is 0 Å². The van der Waals surface area contributed by atoms with Gasteiger partial charge < -0.3 is 14.4 Å². The number of alkyl halides is 3. The Morgan fingerprint density at radius 2 is 2.00 bits per heavy atom. The molecule has 0 N–H and O–H groups in total. The van der Waals surface area contributed by atoms with Crippen LogP contribution in [0.2, 0.25) is 0 Å². The van der Waals surface area contributed by atoms with Crippen LogP contribution >= 0.6 is 0 Å². The molecule has 2 rings (SSSR count). The van der Waals surface area contributed by atoms with E-state index < -0.39 is 44.3 Å². The molecule has 138 valence electrons. The number of nitrogens with zero attached hydrogens (tertiary/aromatic N) is 2. The van der Waals surface area contributed by atoms with Crippen molar-refractivity contribution in [3.63, 3.8) is 0 Å². The Balaban J connectivity index is 2.13. The Morgan fingerprint density at radius 3 is 2.56 bits per heavy atom. The second-order valence-electron chi connectivity index (χ2n) is 4.88. The van der Waals surface area contributed by atoms with Crippen LogP contribution in [0.4, 0.5) is 18.9 Å². The first-order valence-electron chi connectivity index (χ1n) is 6.95. The highest BCUT2D eigenvalue weighted by Crippen LogP contribution is 2.33. The van der Waals surface area contributed by atoms with Gasteiger partial charge in [0.05, 0.1) is 23.0 Å². The van der Waals surface area contributed by atoms with Gasteiger partial charge in [-0.25, -0.2) is 4.21 Å². The summed E-state index contributed by atoms with van der Waals surface area (Å²) in [5, 5.41) is 11.0. The molecule has 1 aliphatic heterocycles. The van der Waals surface area contributed by atoms with Crippen LogP contribution in [0.3, 0.4) is 0 Å². The van der Waals surface area contributed by atoms with E-state index in [1.807, 2.05) is 0 Å². The van der Waals surface area contributed by atoms with E-state index in [9.17, 15) is 32.3 Å². The van der Waals surface area contributed by atoms with Crippen molar-refractivity contribution in [1.82, 2.24) is 4.90 Å². The number of carbonyl (C=O) groups is 1. The summed E-state index contributed by atoms with van der Waals surface area (Å²) in [5.74, 6) is -0.810. The molecule has 1 heterocycles. The number of benzene rings is 1. The van der Waals surface area contributed by atoms with Crippen molar-refractivity contribution in [3.8, 4) is 5.75 Å². The van der Waals surface area contributed by atoms with Gasteiger partial charge in [0.25, 0.3) is 5.91 Å². The van der Waals surface area contributed by atoms with Crippen LogP contribution in [0.5, 0.6) is 5.75 Å². The molecule has 0 aromatic heterocycles. The third-order valence-electron chi connectivity index (χ3n) is 3.27. The molecule has 0 bridgehead atoms. The van der Waals surface area contributed by atoms with E-state index in [-0.39, 0.29) is 5.75 Å². The highest BCUT2D eigenvalue weighted by molar-refractivity contribution is 7.86. The lowest BCUT2D eigenvalue weighted by Crippen LogP contribution is -2.43. The fourth-order valence-corrected chi connectivity index (χ4v) is 2.73. The summed E-state index contributed by atoms with van der Waals surface area (Å²) in [6, 6.07) is 2.23. The van der Waals surface area contributed by atoms with E-state index in [4.69, 9.17) is 9.47 Å². The Kier molecular flexibility index (Phi) is 5.95. The van der Waals surface area contributed by atoms with Crippen molar-refractivity contribution in [3.05, 3.63) is 28.3 Å². The minimum atomic E-state index is -5.04. The minimum Gasteiger partial charge on any atom is -0.477 e. The summed E-state index contributed by atoms with van der Waals surface area (Å²) < 4.78 is 58.8. The summed E-state index contributed by atoms with van der Waals surface area (Å²) in [6.07, 6.45) is 0. The number of ether oxygens (including phenoxy) is 2. The zero-order valence-corrected chi connectivity index (χ0v) is 13.5. The van der Waals surface area contributed by atoms with Gasteiger partial charge in [0, 0.05) is 19.2 Å². The second-order valence-corrected chi connectivity index (χ2v) is 6.35. The number of nitro benzene ring substituents is 1. The van der Waals surface area contributed by atoms with Crippen LogP contribution in [0, 0.1) is 10.1 Å². The van der Waals surface area contributed by atoms with Gasteiger partial charge in [-0.05, 0) is 12.1 Å². The third-order valence-corrected chi connectivity index (χ3v) is 4.37. The Labute approximate surface area is 142 Å². The number of amides is 1. The largest absolute Gasteiger partial charge is 0.477 e. The number of rotatable bonds is 5. The molecular formula is C13H13F3N2O6S. The Bertz CT molecular complexity index is 691. The van der Waals surface area contributed by atoms with Gasteiger partial charge >= 0.3 is 11.2 Å². The fourth-order valence-electron chi connectivity index (χ4n) is 2.05. The van der Waals surface area contributed by atoms with Crippen LogP contribution < -0.4 is 4.74 Å². The summed E-state index contributed by atoms with van der Waals surface area (Å²) in [4.78, 5) is 22.7. The molecule has 1 amide bonds. The topological polar surface area (TPSA) is 99.0 Å². The van der Waals surface area contributed by atoms with Crippen LogP contribution in [0.25, 0.3) is 0 Å².